The van der Waals surface area contributed by atoms with Gasteiger partial charge in [0, 0.05) is 6.42 Å². The molecule has 0 aromatic heterocycles. The summed E-state index contributed by atoms with van der Waals surface area (Å²) in [7, 11) is 0. The average Bonchev–Trinajstić information content (AvgIpc) is 2.18. The third kappa shape index (κ3) is 6.39. The normalized spacial score (nSPS) is 27.7. The van der Waals surface area contributed by atoms with Crippen LogP contribution in [0.1, 0.15) is 38.5 Å². The topological polar surface area (TPSA) is 0 Å². The number of hydrogen-bond acceptors (Lipinski definition) is 0. The maximum atomic E-state index is 2.26. The summed E-state index contributed by atoms with van der Waals surface area (Å²) in [5.41, 5.74) is 0. The lowest BCUT2D eigenvalue weighted by atomic mass is 10.1. The van der Waals surface area contributed by atoms with Crippen molar-refractivity contribution in [1.29, 1.82) is 0 Å². The maximum Gasteiger partial charge on any atom is 0.00473 e. The van der Waals surface area contributed by atoms with Crippen molar-refractivity contribution in [2.24, 2.45) is 0 Å². The van der Waals surface area contributed by atoms with Crippen molar-refractivity contribution < 1.29 is 0 Å². The molecule has 0 saturated carbocycles. The molecule has 13 heavy (non-hydrogen) atoms. The molecule has 1 aliphatic rings. The van der Waals surface area contributed by atoms with Crippen molar-refractivity contribution in [1.82, 2.24) is 0 Å². The van der Waals surface area contributed by atoms with Gasteiger partial charge in [-0.1, -0.05) is 49.3 Å². The Morgan fingerprint density at radius 1 is 0.538 bits per heavy atom. The van der Waals surface area contributed by atoms with Gasteiger partial charge in [0.15, 0.2) is 0 Å². The molecule has 71 valence electrons. The van der Waals surface area contributed by atoms with E-state index in [2.05, 4.69) is 42.9 Å². The molecule has 0 atom stereocenters. The Labute approximate surface area is 82.0 Å². The molecule has 0 heterocycles. The van der Waals surface area contributed by atoms with Crippen LogP contribution in [0.2, 0.25) is 0 Å². The van der Waals surface area contributed by atoms with Gasteiger partial charge in [-0.3, -0.25) is 0 Å². The Bertz CT molecular complexity index is 184. The molecule has 0 N–H and O–H groups in total. The molecule has 0 unspecified atom stereocenters. The van der Waals surface area contributed by atoms with Crippen LogP contribution in [-0.2, 0) is 0 Å². The van der Waals surface area contributed by atoms with Gasteiger partial charge in [-0.2, -0.15) is 0 Å². The van der Waals surface area contributed by atoms with E-state index in [-0.39, 0.29) is 0 Å². The molecular formula is C13H19. The van der Waals surface area contributed by atoms with Crippen LogP contribution in [0, 0.1) is 6.42 Å². The summed E-state index contributed by atoms with van der Waals surface area (Å²) in [6, 6.07) is 0. The zero-order valence-corrected chi connectivity index (χ0v) is 8.28. The molecule has 0 aromatic carbocycles. The van der Waals surface area contributed by atoms with E-state index in [1.807, 2.05) is 0 Å². The van der Waals surface area contributed by atoms with Crippen LogP contribution >= 0.6 is 0 Å². The average molecular weight is 175 g/mol. The first kappa shape index (κ1) is 10.3. The minimum absolute atomic E-state index is 1.23. The summed E-state index contributed by atoms with van der Waals surface area (Å²) in [5.74, 6) is 0. The second kappa shape index (κ2) is 7.85. The van der Waals surface area contributed by atoms with Gasteiger partial charge >= 0.3 is 0 Å². The molecule has 1 radical (unpaired) electrons. The van der Waals surface area contributed by atoms with Gasteiger partial charge in [-0.15, -0.1) is 0 Å². The summed E-state index contributed by atoms with van der Waals surface area (Å²) in [6.07, 6.45) is 23.0. The molecule has 0 fully saturated rings. The number of hydrogen-bond donors (Lipinski definition) is 0. The van der Waals surface area contributed by atoms with Crippen molar-refractivity contribution in [3.8, 4) is 0 Å². The van der Waals surface area contributed by atoms with Gasteiger partial charge in [0.05, 0.1) is 0 Å². The standard InChI is InChI=1S/C13H19/c1-2-4-6-8-10-12-13-11-9-7-5-3-1/h1-7H,8-13H2/b2-1+,6-4+,7-5+. The summed E-state index contributed by atoms with van der Waals surface area (Å²) >= 11 is 0. The molecule has 1 aliphatic carbocycles. The number of allylic oxidation sites excluding steroid dienone is 6. The Morgan fingerprint density at radius 2 is 1.23 bits per heavy atom. The predicted molar refractivity (Wildman–Crippen MR) is 59.4 cm³/mol. The first-order valence-corrected chi connectivity index (χ1v) is 5.32. The Balaban J connectivity index is 2.29. The van der Waals surface area contributed by atoms with E-state index in [1.54, 1.807) is 0 Å². The molecule has 1 rings (SSSR count). The lowest BCUT2D eigenvalue weighted by molar-refractivity contribution is 0.652. The van der Waals surface area contributed by atoms with Gasteiger partial charge in [-0.25, -0.2) is 0 Å². The monoisotopic (exact) mass is 175 g/mol. The molecule has 0 spiro atoms. The Hall–Kier alpha value is -0.780. The fraction of sp³-hybridized carbons (Fsp3) is 0.462. The lowest BCUT2D eigenvalue weighted by Crippen LogP contribution is -1.76. The van der Waals surface area contributed by atoms with Crippen LogP contribution in [0.3, 0.4) is 0 Å². The van der Waals surface area contributed by atoms with E-state index in [4.69, 9.17) is 0 Å². The van der Waals surface area contributed by atoms with Gasteiger partial charge in [0.1, 0.15) is 0 Å². The fourth-order valence-corrected chi connectivity index (χ4v) is 1.42. The third-order valence-electron chi connectivity index (χ3n) is 2.21. The van der Waals surface area contributed by atoms with Gasteiger partial charge < -0.3 is 0 Å². The highest BCUT2D eigenvalue weighted by Gasteiger charge is 1.87. The van der Waals surface area contributed by atoms with E-state index >= 15 is 0 Å². The first-order chi connectivity index (χ1) is 6.50. The highest BCUT2D eigenvalue weighted by Crippen LogP contribution is 2.07. The van der Waals surface area contributed by atoms with Gasteiger partial charge in [-0.05, 0) is 25.7 Å². The van der Waals surface area contributed by atoms with Crippen LogP contribution in [-0.4, -0.2) is 0 Å². The molecule has 0 aliphatic heterocycles. The van der Waals surface area contributed by atoms with Crippen molar-refractivity contribution >= 4 is 0 Å². The third-order valence-corrected chi connectivity index (χ3v) is 2.21. The molecule has 0 amide bonds. The Kier molecular flexibility index (Phi) is 6.22. The van der Waals surface area contributed by atoms with E-state index in [1.165, 1.54) is 38.5 Å². The molecule has 0 nitrogen and oxygen atoms in total. The first-order valence-electron chi connectivity index (χ1n) is 5.32. The van der Waals surface area contributed by atoms with Crippen molar-refractivity contribution in [3.63, 3.8) is 0 Å². The summed E-state index contributed by atoms with van der Waals surface area (Å²) in [5, 5.41) is 0. The minimum atomic E-state index is 1.23. The van der Waals surface area contributed by atoms with Gasteiger partial charge in [0.25, 0.3) is 0 Å². The fourth-order valence-electron chi connectivity index (χ4n) is 1.42. The highest BCUT2D eigenvalue weighted by atomic mass is 13.9. The largest absolute Gasteiger partial charge is 0.0879 e. The minimum Gasteiger partial charge on any atom is -0.0879 e. The smallest absolute Gasteiger partial charge is 0.00473 e. The highest BCUT2D eigenvalue weighted by molar-refractivity contribution is 5.13. The Morgan fingerprint density at radius 3 is 2.00 bits per heavy atom. The van der Waals surface area contributed by atoms with Crippen molar-refractivity contribution in [3.05, 3.63) is 42.9 Å². The zero-order chi connectivity index (χ0) is 9.19. The van der Waals surface area contributed by atoms with Crippen LogP contribution in [0.25, 0.3) is 0 Å². The van der Waals surface area contributed by atoms with Crippen LogP contribution in [0.5, 0.6) is 0 Å². The maximum absolute atomic E-state index is 2.26. The molecule has 0 aromatic rings. The zero-order valence-electron chi connectivity index (χ0n) is 8.28. The van der Waals surface area contributed by atoms with Crippen LogP contribution < -0.4 is 0 Å². The van der Waals surface area contributed by atoms with Crippen LogP contribution in [0.15, 0.2) is 36.5 Å². The molecular weight excluding hydrogens is 156 g/mol. The van der Waals surface area contributed by atoms with E-state index in [9.17, 15) is 0 Å². The van der Waals surface area contributed by atoms with Crippen LogP contribution in [0.4, 0.5) is 0 Å². The van der Waals surface area contributed by atoms with Crippen molar-refractivity contribution in [2.75, 3.05) is 0 Å². The second-order valence-corrected chi connectivity index (χ2v) is 3.43. The number of rotatable bonds is 0. The summed E-state index contributed by atoms with van der Waals surface area (Å²) in [4.78, 5) is 0. The summed E-state index contributed by atoms with van der Waals surface area (Å²) in [6.45, 7) is 0. The predicted octanol–water partition coefficient (Wildman–Crippen LogP) is 4.21. The van der Waals surface area contributed by atoms with Crippen molar-refractivity contribution in [2.45, 2.75) is 38.5 Å². The molecule has 0 heteroatoms. The van der Waals surface area contributed by atoms with E-state index < -0.39 is 0 Å². The quantitative estimate of drug-likeness (QED) is 0.517. The van der Waals surface area contributed by atoms with E-state index in [0.717, 1.165) is 0 Å². The van der Waals surface area contributed by atoms with Gasteiger partial charge in [0.2, 0.25) is 0 Å². The van der Waals surface area contributed by atoms with E-state index in [0.29, 0.717) is 0 Å². The molecule has 0 bridgehead atoms. The molecule has 0 saturated heterocycles. The summed E-state index contributed by atoms with van der Waals surface area (Å²) < 4.78 is 0. The second-order valence-electron chi connectivity index (χ2n) is 3.43. The lowest BCUT2D eigenvalue weighted by Gasteiger charge is -1.95. The SMILES string of the molecule is [CH]1/C=C/C=C/CCCCCC/C=C/1.